The molecule has 1 rings (SSSR count). The van der Waals surface area contributed by atoms with E-state index in [0.717, 1.165) is 6.07 Å². The highest BCUT2D eigenvalue weighted by Gasteiger charge is 2.35. The van der Waals surface area contributed by atoms with Crippen molar-refractivity contribution in [2.45, 2.75) is 13.1 Å². The minimum atomic E-state index is -4.70. The largest absolute Gasteiger partial charge is 0.478 e. The van der Waals surface area contributed by atoms with E-state index in [4.69, 9.17) is 5.11 Å². The first-order chi connectivity index (χ1) is 7.30. The molecule has 0 aliphatic heterocycles. The highest BCUT2D eigenvalue weighted by molar-refractivity contribution is 5.91. The number of carboxylic acid groups (broad SMARTS) is 1. The number of pyridine rings is 1. The summed E-state index contributed by atoms with van der Waals surface area (Å²) in [6, 6.07) is 2.30. The Morgan fingerprint density at radius 3 is 2.56 bits per heavy atom. The second kappa shape index (κ2) is 4.34. The van der Waals surface area contributed by atoms with Gasteiger partial charge in [0.05, 0.1) is 5.57 Å². The Balaban J connectivity index is 3.28. The maximum absolute atomic E-state index is 12.5. The lowest BCUT2D eigenvalue weighted by molar-refractivity contribution is -0.131. The average molecular weight is 231 g/mol. The average Bonchev–Trinajstić information content (AvgIpc) is 2.12. The van der Waals surface area contributed by atoms with Crippen LogP contribution in [0, 0.1) is 6.92 Å². The number of aryl methyl sites for hydroxylation is 1. The van der Waals surface area contributed by atoms with E-state index in [1.54, 1.807) is 0 Å². The van der Waals surface area contributed by atoms with E-state index in [2.05, 4.69) is 4.98 Å². The third-order valence-corrected chi connectivity index (χ3v) is 1.78. The number of carboxylic acids is 1. The van der Waals surface area contributed by atoms with Gasteiger partial charge in [-0.15, -0.1) is 0 Å². The molecule has 0 spiro atoms. The molecule has 0 amide bonds. The molecule has 1 heterocycles. The van der Waals surface area contributed by atoms with Crippen LogP contribution in [0.5, 0.6) is 0 Å². The summed E-state index contributed by atoms with van der Waals surface area (Å²) in [5.74, 6) is -1.64. The number of hydrogen-bond donors (Lipinski definition) is 1. The Bertz CT molecular complexity index is 438. The van der Waals surface area contributed by atoms with Crippen LogP contribution < -0.4 is 0 Å². The molecule has 0 unspecified atom stereocenters. The summed E-state index contributed by atoms with van der Waals surface area (Å²) >= 11 is 0. The van der Waals surface area contributed by atoms with Crippen LogP contribution >= 0.6 is 0 Å². The first kappa shape index (κ1) is 12.2. The summed E-state index contributed by atoms with van der Waals surface area (Å²) in [7, 11) is 0. The van der Waals surface area contributed by atoms with E-state index in [1.807, 2.05) is 0 Å². The molecule has 0 aliphatic carbocycles. The maximum atomic E-state index is 12.5. The molecule has 0 radical (unpaired) electrons. The molecule has 0 fully saturated rings. The van der Waals surface area contributed by atoms with Gasteiger partial charge in [-0.05, 0) is 24.6 Å². The number of halogens is 3. The number of aliphatic carboxylic acids is 1. The van der Waals surface area contributed by atoms with Gasteiger partial charge < -0.3 is 5.11 Å². The number of alkyl halides is 3. The van der Waals surface area contributed by atoms with Crippen LogP contribution in [0.3, 0.4) is 0 Å². The van der Waals surface area contributed by atoms with Gasteiger partial charge in [-0.1, -0.05) is 0 Å². The topological polar surface area (TPSA) is 50.2 Å². The first-order valence-electron chi connectivity index (χ1n) is 4.25. The second-order valence-electron chi connectivity index (χ2n) is 3.08. The van der Waals surface area contributed by atoms with Gasteiger partial charge in [0, 0.05) is 18.0 Å². The standard InChI is InChI=1S/C10H8F3NO2/c1-6-4-7(2-3-14-6)8(5-9(15)16)10(11,12)13/h2-5H,1H3,(H,15,16). The van der Waals surface area contributed by atoms with E-state index in [1.165, 1.54) is 19.2 Å². The Kier molecular flexibility index (Phi) is 3.31. The first-order valence-corrected chi connectivity index (χ1v) is 4.25. The van der Waals surface area contributed by atoms with Crippen molar-refractivity contribution < 1.29 is 23.1 Å². The van der Waals surface area contributed by atoms with Crippen molar-refractivity contribution in [2.75, 3.05) is 0 Å². The van der Waals surface area contributed by atoms with E-state index >= 15 is 0 Å². The number of allylic oxidation sites excluding steroid dienone is 1. The molecule has 0 bridgehead atoms. The second-order valence-corrected chi connectivity index (χ2v) is 3.08. The monoisotopic (exact) mass is 231 g/mol. The van der Waals surface area contributed by atoms with Crippen molar-refractivity contribution in [3.05, 3.63) is 35.7 Å². The third kappa shape index (κ3) is 3.08. The van der Waals surface area contributed by atoms with Gasteiger partial charge in [0.15, 0.2) is 0 Å². The van der Waals surface area contributed by atoms with Crippen LogP contribution in [0.25, 0.3) is 5.57 Å². The van der Waals surface area contributed by atoms with Gasteiger partial charge in [-0.3, -0.25) is 4.98 Å². The SMILES string of the molecule is Cc1cc(C(=CC(=O)O)C(F)(F)F)ccn1. The lowest BCUT2D eigenvalue weighted by Gasteiger charge is -2.11. The smallest absolute Gasteiger partial charge is 0.417 e. The minimum Gasteiger partial charge on any atom is -0.478 e. The summed E-state index contributed by atoms with van der Waals surface area (Å²) in [4.78, 5) is 14.1. The fourth-order valence-electron chi connectivity index (χ4n) is 1.17. The Labute approximate surface area is 89.2 Å². The lowest BCUT2D eigenvalue weighted by atomic mass is 10.1. The Morgan fingerprint density at radius 1 is 1.50 bits per heavy atom. The van der Waals surface area contributed by atoms with Crippen molar-refractivity contribution in [2.24, 2.45) is 0 Å². The van der Waals surface area contributed by atoms with Crippen molar-refractivity contribution in [3.63, 3.8) is 0 Å². The van der Waals surface area contributed by atoms with Crippen LogP contribution in [0.1, 0.15) is 11.3 Å². The van der Waals surface area contributed by atoms with Crippen LogP contribution in [0.15, 0.2) is 24.4 Å². The van der Waals surface area contributed by atoms with E-state index in [9.17, 15) is 18.0 Å². The van der Waals surface area contributed by atoms with Gasteiger partial charge in [-0.2, -0.15) is 13.2 Å². The molecule has 3 nitrogen and oxygen atoms in total. The van der Waals surface area contributed by atoms with E-state index in [0.29, 0.717) is 5.69 Å². The molecule has 0 saturated heterocycles. The van der Waals surface area contributed by atoms with Gasteiger partial charge in [0.2, 0.25) is 0 Å². The molecule has 1 N–H and O–H groups in total. The van der Waals surface area contributed by atoms with E-state index in [-0.39, 0.29) is 11.6 Å². The summed E-state index contributed by atoms with van der Waals surface area (Å²) < 4.78 is 37.6. The predicted molar refractivity (Wildman–Crippen MR) is 50.6 cm³/mol. The van der Waals surface area contributed by atoms with Crippen molar-refractivity contribution in [3.8, 4) is 0 Å². The maximum Gasteiger partial charge on any atom is 0.417 e. The van der Waals surface area contributed by atoms with Crippen LogP contribution in [-0.4, -0.2) is 22.2 Å². The molecule has 1 aromatic heterocycles. The zero-order valence-corrected chi connectivity index (χ0v) is 8.25. The van der Waals surface area contributed by atoms with Crippen molar-refractivity contribution in [1.82, 2.24) is 4.98 Å². The van der Waals surface area contributed by atoms with Gasteiger partial charge >= 0.3 is 12.1 Å². The molecule has 16 heavy (non-hydrogen) atoms. The fraction of sp³-hybridized carbons (Fsp3) is 0.200. The zero-order valence-electron chi connectivity index (χ0n) is 8.25. The Hall–Kier alpha value is -1.85. The highest BCUT2D eigenvalue weighted by Crippen LogP contribution is 2.33. The lowest BCUT2D eigenvalue weighted by Crippen LogP contribution is -2.12. The molecular weight excluding hydrogens is 223 g/mol. The highest BCUT2D eigenvalue weighted by atomic mass is 19.4. The number of aromatic nitrogens is 1. The molecule has 6 heteroatoms. The predicted octanol–water partition coefficient (Wildman–Crippen LogP) is 2.42. The zero-order chi connectivity index (χ0) is 12.3. The number of carbonyl (C=O) groups is 1. The van der Waals surface area contributed by atoms with Gasteiger partial charge in [-0.25, -0.2) is 4.79 Å². The molecule has 1 aromatic rings. The molecular formula is C10H8F3NO2. The number of hydrogen-bond acceptors (Lipinski definition) is 2. The fourth-order valence-corrected chi connectivity index (χ4v) is 1.17. The number of nitrogens with zero attached hydrogens (tertiary/aromatic N) is 1. The summed E-state index contributed by atoms with van der Waals surface area (Å²) in [6.45, 7) is 1.53. The molecule has 86 valence electrons. The molecule has 0 saturated carbocycles. The summed E-state index contributed by atoms with van der Waals surface area (Å²) in [5.41, 5.74) is -1.01. The van der Waals surface area contributed by atoms with E-state index < -0.39 is 17.7 Å². The van der Waals surface area contributed by atoms with Gasteiger partial charge in [0.25, 0.3) is 0 Å². The number of rotatable bonds is 2. The van der Waals surface area contributed by atoms with Crippen molar-refractivity contribution >= 4 is 11.5 Å². The molecule has 0 aliphatic rings. The quantitative estimate of drug-likeness (QED) is 0.795. The summed E-state index contributed by atoms with van der Waals surface area (Å²) in [6.07, 6.45) is -3.35. The van der Waals surface area contributed by atoms with Gasteiger partial charge in [0.1, 0.15) is 0 Å². The van der Waals surface area contributed by atoms with Crippen LogP contribution in [0.4, 0.5) is 13.2 Å². The normalized spacial score (nSPS) is 12.6. The van der Waals surface area contributed by atoms with Crippen molar-refractivity contribution in [1.29, 1.82) is 0 Å². The Morgan fingerprint density at radius 2 is 2.12 bits per heavy atom. The molecule has 0 aromatic carbocycles. The summed E-state index contributed by atoms with van der Waals surface area (Å²) in [5, 5.41) is 8.39. The van der Waals surface area contributed by atoms with Crippen LogP contribution in [0.2, 0.25) is 0 Å². The minimum absolute atomic E-state index is 0.148. The third-order valence-electron chi connectivity index (χ3n) is 1.78. The molecule has 0 atom stereocenters. The van der Waals surface area contributed by atoms with Crippen LogP contribution in [-0.2, 0) is 4.79 Å².